The van der Waals surface area contributed by atoms with E-state index in [1.54, 1.807) is 24.5 Å². The minimum atomic E-state index is 0.253. The highest BCUT2D eigenvalue weighted by atomic mass is 14.8. The molecule has 0 atom stereocenters. The normalized spacial score (nSPS) is 9.77. The minimum absolute atomic E-state index is 0.253. The molecule has 13 heavy (non-hydrogen) atoms. The van der Waals surface area contributed by atoms with Crippen LogP contribution in [0.15, 0.2) is 24.5 Å². The van der Waals surface area contributed by atoms with Crippen molar-refractivity contribution in [3.63, 3.8) is 0 Å². The van der Waals surface area contributed by atoms with E-state index in [1.807, 2.05) is 6.07 Å². The second kappa shape index (κ2) is 2.72. The number of anilines is 1. The lowest BCUT2D eigenvalue weighted by atomic mass is 10.2. The van der Waals surface area contributed by atoms with Gasteiger partial charge in [0.1, 0.15) is 11.9 Å². The molecule has 0 aliphatic carbocycles. The molecule has 0 spiro atoms. The van der Waals surface area contributed by atoms with E-state index in [2.05, 4.69) is 9.97 Å². The monoisotopic (exact) mass is 170 g/mol. The largest absolute Gasteiger partial charge is 0.383 e. The van der Waals surface area contributed by atoms with E-state index in [4.69, 9.17) is 11.0 Å². The van der Waals surface area contributed by atoms with Crippen LogP contribution < -0.4 is 5.73 Å². The SMILES string of the molecule is N#Cc1cc2ccncc2nc1N. The molecule has 0 aromatic carbocycles. The van der Waals surface area contributed by atoms with Gasteiger partial charge in [-0.2, -0.15) is 5.26 Å². The molecule has 4 heteroatoms. The maximum atomic E-state index is 8.69. The predicted molar refractivity (Wildman–Crippen MR) is 48.7 cm³/mol. The first kappa shape index (κ1) is 7.50. The van der Waals surface area contributed by atoms with Crippen molar-refractivity contribution >= 4 is 16.7 Å². The summed E-state index contributed by atoms with van der Waals surface area (Å²) in [7, 11) is 0. The van der Waals surface area contributed by atoms with Gasteiger partial charge in [0.15, 0.2) is 0 Å². The molecule has 2 heterocycles. The molecule has 0 saturated carbocycles. The quantitative estimate of drug-likeness (QED) is 0.641. The van der Waals surface area contributed by atoms with Crippen LogP contribution in [0.3, 0.4) is 0 Å². The Hall–Kier alpha value is -2.15. The van der Waals surface area contributed by atoms with Crippen LogP contribution in [0.25, 0.3) is 10.9 Å². The fourth-order valence-corrected chi connectivity index (χ4v) is 1.12. The fraction of sp³-hybridized carbons (Fsp3) is 0. The van der Waals surface area contributed by atoms with Crippen molar-refractivity contribution < 1.29 is 0 Å². The highest BCUT2D eigenvalue weighted by molar-refractivity contribution is 5.81. The predicted octanol–water partition coefficient (Wildman–Crippen LogP) is 1.08. The summed E-state index contributed by atoms with van der Waals surface area (Å²) in [5.74, 6) is 0.253. The third-order valence-electron chi connectivity index (χ3n) is 1.77. The summed E-state index contributed by atoms with van der Waals surface area (Å²) in [5, 5.41) is 9.57. The number of fused-ring (bicyclic) bond motifs is 1. The third-order valence-corrected chi connectivity index (χ3v) is 1.77. The number of nitrogens with zero attached hydrogens (tertiary/aromatic N) is 3. The summed E-state index contributed by atoms with van der Waals surface area (Å²) in [6.45, 7) is 0. The molecule has 0 aliphatic rings. The van der Waals surface area contributed by atoms with Crippen LogP contribution in [0.5, 0.6) is 0 Å². The molecule has 2 N–H and O–H groups in total. The lowest BCUT2D eigenvalue weighted by molar-refractivity contribution is 1.30. The lowest BCUT2D eigenvalue weighted by Crippen LogP contribution is -1.95. The van der Waals surface area contributed by atoms with E-state index in [1.165, 1.54) is 0 Å². The van der Waals surface area contributed by atoms with Crippen LogP contribution in [-0.4, -0.2) is 9.97 Å². The van der Waals surface area contributed by atoms with Crippen molar-refractivity contribution in [1.82, 2.24) is 9.97 Å². The molecule has 2 rings (SSSR count). The molecule has 0 unspecified atom stereocenters. The molecule has 0 aliphatic heterocycles. The van der Waals surface area contributed by atoms with Crippen molar-refractivity contribution in [3.05, 3.63) is 30.1 Å². The van der Waals surface area contributed by atoms with E-state index in [0.29, 0.717) is 11.1 Å². The molecular formula is C9H6N4. The van der Waals surface area contributed by atoms with Gasteiger partial charge >= 0.3 is 0 Å². The Morgan fingerprint density at radius 1 is 1.46 bits per heavy atom. The standard InChI is InChI=1S/C9H6N4/c10-4-7-3-6-1-2-12-5-8(6)13-9(7)11/h1-3,5H,(H2,11,13). The Morgan fingerprint density at radius 3 is 3.08 bits per heavy atom. The maximum absolute atomic E-state index is 8.69. The molecule has 0 fully saturated rings. The summed E-state index contributed by atoms with van der Waals surface area (Å²) in [6.07, 6.45) is 3.27. The lowest BCUT2D eigenvalue weighted by Gasteiger charge is -1.99. The minimum Gasteiger partial charge on any atom is -0.383 e. The van der Waals surface area contributed by atoms with Gasteiger partial charge in [-0.05, 0) is 12.1 Å². The molecule has 0 bridgehead atoms. The first-order valence-electron chi connectivity index (χ1n) is 3.71. The van der Waals surface area contributed by atoms with Gasteiger partial charge < -0.3 is 5.73 Å². The summed E-state index contributed by atoms with van der Waals surface area (Å²) in [6, 6.07) is 5.48. The van der Waals surface area contributed by atoms with Crippen LogP contribution in [0.1, 0.15) is 5.56 Å². The van der Waals surface area contributed by atoms with E-state index in [0.717, 1.165) is 5.39 Å². The summed E-state index contributed by atoms with van der Waals surface area (Å²) < 4.78 is 0. The van der Waals surface area contributed by atoms with Gasteiger partial charge in [-0.3, -0.25) is 4.98 Å². The van der Waals surface area contributed by atoms with Crippen LogP contribution in [0.2, 0.25) is 0 Å². The Morgan fingerprint density at radius 2 is 2.31 bits per heavy atom. The van der Waals surface area contributed by atoms with E-state index >= 15 is 0 Å². The number of aromatic nitrogens is 2. The number of rotatable bonds is 0. The highest BCUT2D eigenvalue weighted by Gasteiger charge is 2.01. The number of hydrogen-bond donors (Lipinski definition) is 1. The second-order valence-corrected chi connectivity index (χ2v) is 2.60. The van der Waals surface area contributed by atoms with Gasteiger partial charge in [0, 0.05) is 11.6 Å². The molecule has 4 nitrogen and oxygen atoms in total. The second-order valence-electron chi connectivity index (χ2n) is 2.60. The van der Waals surface area contributed by atoms with Gasteiger partial charge in [-0.15, -0.1) is 0 Å². The van der Waals surface area contributed by atoms with Crippen LogP contribution in [0.4, 0.5) is 5.82 Å². The first-order valence-corrected chi connectivity index (χ1v) is 3.71. The number of nitriles is 1. The third kappa shape index (κ3) is 1.16. The number of hydrogen-bond acceptors (Lipinski definition) is 4. The van der Waals surface area contributed by atoms with Gasteiger partial charge in [0.25, 0.3) is 0 Å². The highest BCUT2D eigenvalue weighted by Crippen LogP contribution is 2.15. The Labute approximate surface area is 74.6 Å². The Kier molecular flexibility index (Phi) is 1.57. The number of nitrogens with two attached hydrogens (primary N) is 1. The smallest absolute Gasteiger partial charge is 0.142 e. The fourth-order valence-electron chi connectivity index (χ4n) is 1.12. The summed E-state index contributed by atoms with van der Waals surface area (Å²) in [4.78, 5) is 7.95. The zero-order chi connectivity index (χ0) is 9.26. The van der Waals surface area contributed by atoms with Gasteiger partial charge in [0.2, 0.25) is 0 Å². The Bertz CT molecular complexity index is 498. The van der Waals surface area contributed by atoms with Crippen LogP contribution in [0, 0.1) is 11.3 Å². The average molecular weight is 170 g/mol. The molecule has 0 amide bonds. The summed E-state index contributed by atoms with van der Waals surface area (Å²) >= 11 is 0. The number of pyridine rings is 2. The van der Waals surface area contributed by atoms with E-state index in [9.17, 15) is 0 Å². The molecule has 0 saturated heterocycles. The van der Waals surface area contributed by atoms with Gasteiger partial charge in [-0.25, -0.2) is 4.98 Å². The van der Waals surface area contributed by atoms with Gasteiger partial charge in [-0.1, -0.05) is 0 Å². The van der Waals surface area contributed by atoms with Crippen LogP contribution >= 0.6 is 0 Å². The molecule has 2 aromatic heterocycles. The van der Waals surface area contributed by atoms with Crippen molar-refractivity contribution in [3.8, 4) is 6.07 Å². The van der Waals surface area contributed by atoms with Crippen molar-refractivity contribution in [1.29, 1.82) is 5.26 Å². The van der Waals surface area contributed by atoms with Crippen molar-refractivity contribution in [2.75, 3.05) is 5.73 Å². The van der Waals surface area contributed by atoms with Crippen LogP contribution in [-0.2, 0) is 0 Å². The molecule has 2 aromatic rings. The topological polar surface area (TPSA) is 75.6 Å². The van der Waals surface area contributed by atoms with E-state index in [-0.39, 0.29) is 5.82 Å². The Balaban J connectivity index is 2.83. The zero-order valence-corrected chi connectivity index (χ0v) is 6.73. The average Bonchev–Trinajstić information content (AvgIpc) is 2.17. The van der Waals surface area contributed by atoms with Crippen molar-refractivity contribution in [2.45, 2.75) is 0 Å². The molecule has 62 valence electrons. The first-order chi connectivity index (χ1) is 6.31. The number of nitrogen functional groups attached to an aromatic ring is 1. The molecule has 0 radical (unpaired) electrons. The maximum Gasteiger partial charge on any atom is 0.142 e. The zero-order valence-electron chi connectivity index (χ0n) is 6.73. The molecular weight excluding hydrogens is 164 g/mol. The summed E-state index contributed by atoms with van der Waals surface area (Å²) in [5.41, 5.74) is 6.64. The van der Waals surface area contributed by atoms with Gasteiger partial charge in [0.05, 0.1) is 17.3 Å². The van der Waals surface area contributed by atoms with E-state index < -0.39 is 0 Å². The van der Waals surface area contributed by atoms with Crippen molar-refractivity contribution in [2.24, 2.45) is 0 Å².